The number of nitrogens with zero attached hydrogens (tertiary/aromatic N) is 7. The Morgan fingerprint density at radius 1 is 0.544 bits per heavy atom. The van der Waals surface area contributed by atoms with Crippen LogP contribution in [-0.2, 0) is 74.3 Å². The van der Waals surface area contributed by atoms with E-state index in [1.54, 1.807) is 114 Å². The van der Waals surface area contributed by atoms with E-state index < -0.39 is 52.6 Å². The number of ether oxygens (including phenoxy) is 5. The molecule has 3 N–H and O–H groups in total. The molecule has 41 heteroatoms. The predicted molar refractivity (Wildman–Crippen MR) is 522 cm³/mol. The maximum absolute atomic E-state index is 12.3. The molecule has 125 heavy (non-hydrogen) atoms. The summed E-state index contributed by atoms with van der Waals surface area (Å²) in [7, 11) is 2.97. The van der Waals surface area contributed by atoms with E-state index in [4.69, 9.17) is 65.0 Å². The van der Waals surface area contributed by atoms with Crippen molar-refractivity contribution in [2.45, 2.75) is 212 Å². The van der Waals surface area contributed by atoms with Gasteiger partial charge in [-0.15, -0.1) is 23.2 Å². The van der Waals surface area contributed by atoms with Crippen molar-refractivity contribution in [3.8, 4) is 22.3 Å². The van der Waals surface area contributed by atoms with Gasteiger partial charge in [0.1, 0.15) is 39.7 Å². The van der Waals surface area contributed by atoms with Crippen molar-refractivity contribution >= 4 is 267 Å². The minimum Gasteiger partial charge on any atom is -0.443 e. The Balaban J connectivity index is 0.000000226. The lowest BCUT2D eigenvalue weighted by atomic mass is 9.77. The fraction of sp³-hybridized carbons (Fsp3) is 0.429. The second kappa shape index (κ2) is 43.9. The van der Waals surface area contributed by atoms with Gasteiger partial charge >= 0.3 is 43.0 Å². The topological polar surface area (TPSA) is 354 Å². The number of H-pyrrole nitrogens is 1. The molecule has 1 saturated heterocycles. The number of fused-ring (bicyclic) bond motifs is 5. The van der Waals surface area contributed by atoms with E-state index in [1.165, 1.54) is 4.57 Å². The average Bonchev–Trinajstić information content (AvgIpc) is 1.63. The molecule has 9 heterocycles. The average molecular weight is 2400 g/mol. The van der Waals surface area contributed by atoms with Crippen LogP contribution >= 0.6 is 173 Å². The molecule has 14 rings (SSSR count). The number of hydrogen-bond acceptors (Lipinski definition) is 22. The van der Waals surface area contributed by atoms with Crippen LogP contribution < -0.4 is 32.4 Å². The van der Waals surface area contributed by atoms with Gasteiger partial charge in [0, 0.05) is 83.4 Å². The molecule has 5 aromatic heterocycles. The van der Waals surface area contributed by atoms with E-state index in [2.05, 4.69) is 192 Å². The Morgan fingerprint density at radius 2 is 0.992 bits per heavy atom. The van der Waals surface area contributed by atoms with E-state index in [9.17, 15) is 43.2 Å². The molecule has 1 unspecified atom stereocenters. The van der Waals surface area contributed by atoms with Gasteiger partial charge in [-0.25, -0.2) is 33.7 Å². The minimum absolute atomic E-state index is 0.000997. The third kappa shape index (κ3) is 28.3. The van der Waals surface area contributed by atoms with Crippen LogP contribution in [0.3, 0.4) is 0 Å². The van der Waals surface area contributed by atoms with Crippen molar-refractivity contribution in [2.75, 3.05) is 25.8 Å². The number of aryl methyl sites for hydroxylation is 8. The zero-order valence-electron chi connectivity index (χ0n) is 73.6. The van der Waals surface area contributed by atoms with Gasteiger partial charge < -0.3 is 62.2 Å². The molecule has 678 valence electrons. The molecule has 4 aliphatic heterocycles. The van der Waals surface area contributed by atoms with Crippen LogP contribution in [0.25, 0.3) is 44.3 Å². The number of aromatic amines is 1. The number of anilines is 3. The number of carbonyl (C=O) groups is 7. The second-order valence-electron chi connectivity index (χ2n) is 33.1. The first-order valence-corrected chi connectivity index (χ1v) is 47.6. The molecular formula is C84H98BBr8Cl2IN10O19. The van der Waals surface area contributed by atoms with E-state index in [-0.39, 0.29) is 59.4 Å². The Bertz CT molecular complexity index is 5730. The fourth-order valence-corrected chi connectivity index (χ4v) is 18.1. The molecule has 4 amide bonds. The van der Waals surface area contributed by atoms with Crippen LogP contribution in [0.1, 0.15) is 175 Å². The summed E-state index contributed by atoms with van der Waals surface area (Å²) >= 11 is 38.7. The normalized spacial score (nSPS) is 14.4. The number of amides is 4. The maximum Gasteiger partial charge on any atom is 0.519 e. The van der Waals surface area contributed by atoms with Gasteiger partial charge in [0.25, 0.3) is 0 Å². The Labute approximate surface area is 815 Å². The summed E-state index contributed by atoms with van der Waals surface area (Å²) in [6.45, 7) is 42.0. The van der Waals surface area contributed by atoms with Gasteiger partial charge in [0.05, 0.1) is 80.1 Å². The zero-order valence-corrected chi connectivity index (χ0v) is 90.0. The number of imidazole rings is 2. The lowest BCUT2D eigenvalue weighted by Gasteiger charge is -2.32. The maximum atomic E-state index is 12.3. The van der Waals surface area contributed by atoms with Crippen molar-refractivity contribution < 1.29 is 80.1 Å². The Kier molecular flexibility index (Phi) is 37.7. The molecule has 0 bridgehead atoms. The monoisotopic (exact) mass is 2390 g/mol. The Hall–Kier alpha value is -6.51. The number of benzene rings is 5. The first-order valence-electron chi connectivity index (χ1n) is 38.0. The fourth-order valence-electron chi connectivity index (χ4n) is 12.4. The SMILES string of the molecule is CC(C)(C)OC(=O)N1C(=O)Cc2c(Br)cc(Br)cc21.CC(C)(C)OC(=O)OC(=O)OC(C)(C)C.CI.Cc1noc(C)c1-c1cc2c(c(-c3c(C)noc3C)c1)C(C)C(=O)N2.Cc1noc(C)c1B1OC(C)(C)C(C)(C)O1.ClCCl.Cn1c(=O)[nH]c2cc(Br)cc(Br)c21.Cn1c(=O)n(C(=O)OC(C)(C)C)c2cc(Br)cc(Br)c21.O=C1Cc2c(Br)cc(Br)cc2N1. The zero-order chi connectivity index (χ0) is 94.9. The highest BCUT2D eigenvalue weighted by Crippen LogP contribution is 2.47. The van der Waals surface area contributed by atoms with Gasteiger partial charge in [-0.1, -0.05) is 134 Å². The summed E-state index contributed by atoms with van der Waals surface area (Å²) in [5.41, 5.74) is 11.3. The predicted octanol–water partition coefficient (Wildman–Crippen LogP) is 24.0. The van der Waals surface area contributed by atoms with Gasteiger partial charge in [0.15, 0.2) is 0 Å². The molecule has 10 aromatic rings. The summed E-state index contributed by atoms with van der Waals surface area (Å²) in [6, 6.07) is 18.8. The van der Waals surface area contributed by atoms with Gasteiger partial charge in [-0.2, -0.15) is 4.57 Å². The number of carbonyl (C=O) groups excluding carboxylic acids is 7. The van der Waals surface area contributed by atoms with Gasteiger partial charge in [0.2, 0.25) is 17.7 Å². The lowest BCUT2D eigenvalue weighted by Crippen LogP contribution is -2.41. The highest BCUT2D eigenvalue weighted by atomic mass is 127. The number of hydrogen-bond donors (Lipinski definition) is 3. The van der Waals surface area contributed by atoms with Crippen molar-refractivity contribution in [3.05, 3.63) is 168 Å². The van der Waals surface area contributed by atoms with Crippen LogP contribution in [0.2, 0.25) is 0 Å². The largest absolute Gasteiger partial charge is 0.519 e. The number of nitrogens with one attached hydrogen (secondary N) is 3. The molecule has 29 nitrogen and oxygen atoms in total. The lowest BCUT2D eigenvalue weighted by molar-refractivity contribution is -0.117. The molecule has 0 aliphatic carbocycles. The third-order valence-corrected chi connectivity index (χ3v) is 22.7. The quantitative estimate of drug-likeness (QED) is 0.0369. The highest BCUT2D eigenvalue weighted by molar-refractivity contribution is 14.1. The minimum atomic E-state index is -1.06. The molecule has 0 radical (unpaired) electrons. The summed E-state index contributed by atoms with van der Waals surface area (Å²) in [6.07, 6.45) is -2.76. The van der Waals surface area contributed by atoms with Crippen molar-refractivity contribution in [3.63, 3.8) is 0 Å². The second-order valence-corrected chi connectivity index (χ2v) is 41.0. The Morgan fingerprint density at radius 3 is 1.48 bits per heavy atom. The number of halogens is 11. The number of alkyl halides is 3. The first-order chi connectivity index (χ1) is 57.6. The summed E-state index contributed by atoms with van der Waals surface area (Å²) in [4.78, 5) is 111. The van der Waals surface area contributed by atoms with Crippen LogP contribution in [0.4, 0.5) is 36.2 Å². The van der Waals surface area contributed by atoms with Crippen LogP contribution in [-0.4, -0.2) is 127 Å². The third-order valence-electron chi connectivity index (χ3n) is 18.3. The van der Waals surface area contributed by atoms with E-state index in [0.717, 1.165) is 146 Å². The standard InChI is InChI=1S/C19H19N3O3.C13H14Br2N2O3.C13H13Br2NO3.C11H18BNO3.C10H18O5.C8H6Br2N2O.C8H5Br2NO.CH2Cl2.CH3I/c1-8-16-14(18-10(3)22-25-12(18)5)6-13(7-15(16)20-19(8)23)17-9(2)21-24-11(17)4;1-13(2,3)20-12(19)17-9-6-7(14)5-8(15)10(9)16(4)11(17)18;1-13(2,3)19-12(18)16-10-5-7(14)4-9(15)8(10)6-11(16)17;1-7-9(8(2)14-13-7)12-15-10(3,4)11(5,6)16-12;1-9(2,3)14-7(11)13-8(12)15-10(4,5)6;1-12-7-5(10)2-4(9)3-6(7)11-8(12)13;9-4-1-6(10)5-3-8(12)11-7(5)2-4;2-1-3;1-2/h6-8H,1-5H3,(H,20,23);5-6H,1-4H3;4-5H,6H2,1-3H3;1-6H3;1-6H3;2-3H,1H3,(H,11,13);1-2H,3H2,(H,11,12);1H2;1H3. The van der Waals surface area contributed by atoms with Crippen LogP contribution in [0.15, 0.2) is 120 Å². The van der Waals surface area contributed by atoms with E-state index in [0.29, 0.717) is 23.1 Å². The van der Waals surface area contributed by atoms with E-state index >= 15 is 0 Å². The van der Waals surface area contributed by atoms with Crippen molar-refractivity contribution in [1.29, 1.82) is 0 Å². The molecule has 4 aliphatic rings. The molecule has 0 spiro atoms. The van der Waals surface area contributed by atoms with Crippen molar-refractivity contribution in [1.82, 2.24) is 34.2 Å². The molecule has 1 atom stereocenters. The molecular weight excluding hydrogens is 2300 g/mol. The number of aromatic nitrogens is 7. The van der Waals surface area contributed by atoms with Crippen molar-refractivity contribution in [2.24, 2.45) is 14.1 Å². The van der Waals surface area contributed by atoms with Gasteiger partial charge in [-0.3, -0.25) is 23.5 Å². The summed E-state index contributed by atoms with van der Waals surface area (Å²) in [5, 5.41) is 18.0. The highest BCUT2D eigenvalue weighted by Gasteiger charge is 2.53. The van der Waals surface area contributed by atoms with Gasteiger partial charge in [-0.05, 0) is 279 Å². The molecule has 0 saturated carbocycles. The smallest absolute Gasteiger partial charge is 0.443 e. The first kappa shape index (κ1) is 107. The summed E-state index contributed by atoms with van der Waals surface area (Å²) in [5.74, 6) is 1.81. The molecule has 5 aromatic carbocycles. The summed E-state index contributed by atoms with van der Waals surface area (Å²) < 4.78 is 63.0. The number of rotatable bonds is 3. The van der Waals surface area contributed by atoms with Crippen LogP contribution in [0, 0.1) is 41.5 Å². The number of imide groups is 1. The van der Waals surface area contributed by atoms with E-state index in [1.807, 2.05) is 124 Å². The molecule has 1 fully saturated rings. The van der Waals surface area contributed by atoms with Crippen LogP contribution in [0.5, 0.6) is 0 Å².